The number of hydrogen-bond donors (Lipinski definition) is 1. The smallest absolute Gasteiger partial charge is 0.410 e. The first-order valence-corrected chi connectivity index (χ1v) is 7.58. The number of likely N-dealkylation sites (tertiary alicyclic amines) is 1. The summed E-state index contributed by atoms with van der Waals surface area (Å²) < 4.78 is 18.6. The molecule has 4 nitrogen and oxygen atoms in total. The minimum Gasteiger partial charge on any atom is -0.444 e. The minimum atomic E-state index is -1.02. The van der Waals surface area contributed by atoms with Crippen LogP contribution >= 0.6 is 0 Å². The minimum absolute atomic E-state index is 0.309. The van der Waals surface area contributed by atoms with Gasteiger partial charge in [0.05, 0.1) is 5.60 Å². The first kappa shape index (κ1) is 16.7. The third-order valence-electron chi connectivity index (χ3n) is 3.93. The predicted molar refractivity (Wildman–Crippen MR) is 82.1 cm³/mol. The van der Waals surface area contributed by atoms with Crippen LogP contribution in [0.25, 0.3) is 0 Å². The molecule has 122 valence electrons. The number of ether oxygens (including phenoxy) is 1. The van der Waals surface area contributed by atoms with Gasteiger partial charge >= 0.3 is 6.09 Å². The van der Waals surface area contributed by atoms with Crippen molar-refractivity contribution < 1.29 is 19.0 Å². The van der Waals surface area contributed by atoms with E-state index in [2.05, 4.69) is 0 Å². The number of benzene rings is 1. The molecule has 0 bridgehead atoms. The summed E-state index contributed by atoms with van der Waals surface area (Å²) in [5.41, 5.74) is -0.0831. The SMILES string of the molecule is Cc1cc(F)ccc1C1(O)CCN(C(=O)OC(C)(C)C)CC1. The number of carbonyl (C=O) groups excluding carboxylic acids is 1. The molecule has 0 aromatic heterocycles. The van der Waals surface area contributed by atoms with Crippen LogP contribution in [0.5, 0.6) is 0 Å². The summed E-state index contributed by atoms with van der Waals surface area (Å²) in [6.45, 7) is 8.11. The second-order valence-corrected chi connectivity index (χ2v) is 6.96. The maximum absolute atomic E-state index is 13.2. The van der Waals surface area contributed by atoms with Crippen molar-refractivity contribution in [3.05, 3.63) is 35.1 Å². The van der Waals surface area contributed by atoms with Crippen LogP contribution in [0.15, 0.2) is 18.2 Å². The quantitative estimate of drug-likeness (QED) is 0.865. The summed E-state index contributed by atoms with van der Waals surface area (Å²) in [5, 5.41) is 10.8. The van der Waals surface area contributed by atoms with Crippen molar-refractivity contribution in [2.75, 3.05) is 13.1 Å². The number of piperidine rings is 1. The Morgan fingerprint density at radius 1 is 1.32 bits per heavy atom. The molecule has 5 heteroatoms. The number of rotatable bonds is 1. The van der Waals surface area contributed by atoms with E-state index in [4.69, 9.17) is 4.74 Å². The fourth-order valence-electron chi connectivity index (χ4n) is 2.80. The van der Waals surface area contributed by atoms with Gasteiger partial charge in [0.1, 0.15) is 11.4 Å². The Morgan fingerprint density at radius 3 is 2.41 bits per heavy atom. The first-order chi connectivity index (χ1) is 10.1. The molecule has 2 rings (SSSR count). The van der Waals surface area contributed by atoms with E-state index in [1.54, 1.807) is 17.9 Å². The van der Waals surface area contributed by atoms with Gasteiger partial charge in [-0.15, -0.1) is 0 Å². The molecule has 0 aliphatic carbocycles. The molecule has 0 radical (unpaired) electrons. The second kappa shape index (κ2) is 5.88. The number of carbonyl (C=O) groups is 1. The molecular formula is C17H24FNO3. The highest BCUT2D eigenvalue weighted by Gasteiger charge is 2.37. The fourth-order valence-corrected chi connectivity index (χ4v) is 2.80. The molecule has 1 aromatic carbocycles. The third kappa shape index (κ3) is 3.77. The third-order valence-corrected chi connectivity index (χ3v) is 3.93. The van der Waals surface area contributed by atoms with Crippen molar-refractivity contribution in [2.24, 2.45) is 0 Å². The van der Waals surface area contributed by atoms with Crippen LogP contribution in [0.3, 0.4) is 0 Å². The summed E-state index contributed by atoms with van der Waals surface area (Å²) in [7, 11) is 0. The Hall–Kier alpha value is -1.62. The van der Waals surface area contributed by atoms with Crippen molar-refractivity contribution in [3.63, 3.8) is 0 Å². The van der Waals surface area contributed by atoms with Gasteiger partial charge in [0.15, 0.2) is 0 Å². The molecule has 1 aliphatic heterocycles. The zero-order chi connectivity index (χ0) is 16.5. The highest BCUT2D eigenvalue weighted by atomic mass is 19.1. The number of nitrogens with zero attached hydrogens (tertiary/aromatic N) is 1. The standard InChI is InChI=1S/C17H24FNO3/c1-12-11-13(18)5-6-14(12)17(21)7-9-19(10-8-17)15(20)22-16(2,3)4/h5-6,11,21H,7-10H2,1-4H3. The summed E-state index contributed by atoms with van der Waals surface area (Å²) in [6, 6.07) is 4.42. The van der Waals surface area contributed by atoms with Gasteiger partial charge in [-0.1, -0.05) is 6.07 Å². The zero-order valence-electron chi connectivity index (χ0n) is 13.6. The van der Waals surface area contributed by atoms with Crippen LogP contribution in [0.4, 0.5) is 9.18 Å². The van der Waals surface area contributed by atoms with E-state index < -0.39 is 11.2 Å². The summed E-state index contributed by atoms with van der Waals surface area (Å²) in [5.74, 6) is -0.309. The van der Waals surface area contributed by atoms with Crippen LogP contribution in [-0.4, -0.2) is 34.8 Å². The van der Waals surface area contributed by atoms with Gasteiger partial charge in [-0.25, -0.2) is 9.18 Å². The monoisotopic (exact) mass is 309 g/mol. The zero-order valence-corrected chi connectivity index (χ0v) is 13.6. The largest absolute Gasteiger partial charge is 0.444 e. The molecule has 1 N–H and O–H groups in total. The average Bonchev–Trinajstić information content (AvgIpc) is 2.36. The van der Waals surface area contributed by atoms with E-state index in [0.29, 0.717) is 25.9 Å². The van der Waals surface area contributed by atoms with Gasteiger partial charge in [-0.3, -0.25) is 0 Å². The van der Waals surface area contributed by atoms with E-state index in [-0.39, 0.29) is 11.9 Å². The normalized spacial score (nSPS) is 18.2. The Bertz CT molecular complexity index is 558. The molecule has 1 aromatic rings. The molecule has 1 amide bonds. The molecule has 0 saturated carbocycles. The predicted octanol–water partition coefficient (Wildman–Crippen LogP) is 3.35. The van der Waals surface area contributed by atoms with Crippen LogP contribution < -0.4 is 0 Å². The van der Waals surface area contributed by atoms with Crippen molar-refractivity contribution in [3.8, 4) is 0 Å². The van der Waals surface area contributed by atoms with Gasteiger partial charge in [0, 0.05) is 13.1 Å². The Balaban J connectivity index is 2.06. The molecule has 0 unspecified atom stereocenters. The average molecular weight is 309 g/mol. The lowest BCUT2D eigenvalue weighted by molar-refractivity contribution is -0.0359. The van der Waals surface area contributed by atoms with E-state index in [0.717, 1.165) is 11.1 Å². The van der Waals surface area contributed by atoms with E-state index in [1.165, 1.54) is 12.1 Å². The first-order valence-electron chi connectivity index (χ1n) is 7.58. The molecule has 1 fully saturated rings. The highest BCUT2D eigenvalue weighted by molar-refractivity contribution is 5.68. The van der Waals surface area contributed by atoms with Gasteiger partial charge in [-0.05, 0) is 63.8 Å². The Morgan fingerprint density at radius 2 is 1.91 bits per heavy atom. The van der Waals surface area contributed by atoms with Gasteiger partial charge < -0.3 is 14.7 Å². The summed E-state index contributed by atoms with van der Waals surface area (Å²) >= 11 is 0. The topological polar surface area (TPSA) is 49.8 Å². The number of aryl methyl sites for hydroxylation is 1. The van der Waals surface area contributed by atoms with Gasteiger partial charge in [-0.2, -0.15) is 0 Å². The molecule has 1 saturated heterocycles. The van der Waals surface area contributed by atoms with Gasteiger partial charge in [0.25, 0.3) is 0 Å². The molecule has 22 heavy (non-hydrogen) atoms. The highest BCUT2D eigenvalue weighted by Crippen LogP contribution is 2.35. The van der Waals surface area contributed by atoms with Crippen molar-refractivity contribution in [1.29, 1.82) is 0 Å². The second-order valence-electron chi connectivity index (χ2n) is 6.96. The van der Waals surface area contributed by atoms with Crippen molar-refractivity contribution >= 4 is 6.09 Å². The van der Waals surface area contributed by atoms with Crippen molar-refractivity contribution in [2.45, 2.75) is 51.7 Å². The molecule has 0 spiro atoms. The van der Waals surface area contributed by atoms with E-state index >= 15 is 0 Å². The van der Waals surface area contributed by atoms with E-state index in [1.807, 2.05) is 20.8 Å². The molecule has 1 heterocycles. The lowest BCUT2D eigenvalue weighted by atomic mass is 9.82. The maximum atomic E-state index is 13.2. The van der Waals surface area contributed by atoms with Crippen LogP contribution in [0.2, 0.25) is 0 Å². The maximum Gasteiger partial charge on any atom is 0.410 e. The van der Waals surface area contributed by atoms with Crippen molar-refractivity contribution in [1.82, 2.24) is 4.90 Å². The number of halogens is 1. The Labute approximate surface area is 130 Å². The summed E-state index contributed by atoms with van der Waals surface area (Å²) in [6.07, 6.45) is 0.475. The summed E-state index contributed by atoms with van der Waals surface area (Å²) in [4.78, 5) is 13.7. The van der Waals surface area contributed by atoms with Crippen LogP contribution in [-0.2, 0) is 10.3 Å². The lowest BCUT2D eigenvalue weighted by Gasteiger charge is -2.39. The van der Waals surface area contributed by atoms with Gasteiger partial charge in [0.2, 0.25) is 0 Å². The Kier molecular flexibility index (Phi) is 4.47. The molecule has 0 atom stereocenters. The van der Waals surface area contributed by atoms with Crippen LogP contribution in [0.1, 0.15) is 44.7 Å². The number of hydrogen-bond acceptors (Lipinski definition) is 3. The lowest BCUT2D eigenvalue weighted by Crippen LogP contribution is -2.47. The number of aliphatic hydroxyl groups is 1. The molecular weight excluding hydrogens is 285 g/mol. The van der Waals surface area contributed by atoms with E-state index in [9.17, 15) is 14.3 Å². The fraction of sp³-hybridized carbons (Fsp3) is 0.588. The molecule has 1 aliphatic rings. The van der Waals surface area contributed by atoms with Crippen LogP contribution in [0, 0.1) is 12.7 Å². The number of amides is 1.